The lowest BCUT2D eigenvalue weighted by Crippen LogP contribution is -2.06. The van der Waals surface area contributed by atoms with E-state index in [2.05, 4.69) is 13.8 Å². The summed E-state index contributed by atoms with van der Waals surface area (Å²) >= 11 is 0. The highest BCUT2D eigenvalue weighted by molar-refractivity contribution is 5.71. The lowest BCUT2D eigenvalue weighted by atomic mass is 10.1. The molecule has 4 nitrogen and oxygen atoms in total. The van der Waals surface area contributed by atoms with E-state index in [0.717, 1.165) is 25.7 Å². The van der Waals surface area contributed by atoms with Crippen LogP contribution in [0.1, 0.15) is 129 Å². The summed E-state index contributed by atoms with van der Waals surface area (Å²) in [5.41, 5.74) is 0. The minimum Gasteiger partial charge on any atom is -0.462 e. The van der Waals surface area contributed by atoms with Crippen molar-refractivity contribution >= 4 is 11.9 Å². The highest BCUT2D eigenvalue weighted by Gasteiger charge is 2.22. The third kappa shape index (κ3) is 13.2. The summed E-state index contributed by atoms with van der Waals surface area (Å²) in [6.45, 7) is 4.47. The second-order valence-electron chi connectivity index (χ2n) is 8.41. The van der Waals surface area contributed by atoms with E-state index in [1.165, 1.54) is 77.0 Å². The Hall–Kier alpha value is -1.06. The molecule has 0 N–H and O–H groups in total. The fraction of sp³-hybridized carbons (Fsp3) is 0.917. The van der Waals surface area contributed by atoms with Crippen LogP contribution in [0.15, 0.2) is 0 Å². The largest absolute Gasteiger partial charge is 0.462 e. The average molecular weight is 397 g/mol. The Kier molecular flexibility index (Phi) is 15.0. The Labute approximate surface area is 173 Å². The van der Waals surface area contributed by atoms with Crippen molar-refractivity contribution in [1.82, 2.24) is 0 Å². The van der Waals surface area contributed by atoms with Crippen LogP contribution in [0.5, 0.6) is 0 Å². The normalized spacial score (nSPS) is 21.2. The predicted octanol–water partition coefficient (Wildman–Crippen LogP) is 6.89. The number of esters is 2. The van der Waals surface area contributed by atoms with Gasteiger partial charge in [0.2, 0.25) is 0 Å². The van der Waals surface area contributed by atoms with Gasteiger partial charge in [-0.3, -0.25) is 9.59 Å². The van der Waals surface area contributed by atoms with Gasteiger partial charge in [-0.15, -0.1) is 0 Å². The zero-order valence-corrected chi connectivity index (χ0v) is 18.5. The van der Waals surface area contributed by atoms with Gasteiger partial charge < -0.3 is 9.47 Å². The molecule has 28 heavy (non-hydrogen) atoms. The van der Waals surface area contributed by atoms with Crippen LogP contribution in [-0.4, -0.2) is 24.1 Å². The fourth-order valence-electron chi connectivity index (χ4n) is 3.88. The van der Waals surface area contributed by atoms with E-state index < -0.39 is 0 Å². The SMILES string of the molecule is CCCCCCCCC1CCC(=O)O1.CCCCCCCCC1CCC(=O)O1. The van der Waals surface area contributed by atoms with Crippen LogP contribution < -0.4 is 0 Å². The van der Waals surface area contributed by atoms with Crippen LogP contribution in [0.4, 0.5) is 0 Å². The Morgan fingerprint density at radius 2 is 0.964 bits per heavy atom. The van der Waals surface area contributed by atoms with Crippen LogP contribution in [0.3, 0.4) is 0 Å². The Morgan fingerprint density at radius 1 is 0.607 bits per heavy atom. The second kappa shape index (κ2) is 16.9. The van der Waals surface area contributed by atoms with E-state index in [1.54, 1.807) is 0 Å². The van der Waals surface area contributed by atoms with Crippen molar-refractivity contribution in [3.8, 4) is 0 Å². The van der Waals surface area contributed by atoms with Crippen LogP contribution in [0.25, 0.3) is 0 Å². The van der Waals surface area contributed by atoms with Gasteiger partial charge in [-0.25, -0.2) is 0 Å². The lowest BCUT2D eigenvalue weighted by molar-refractivity contribution is -0.142. The summed E-state index contributed by atoms with van der Waals surface area (Å²) in [4.78, 5) is 21.6. The molecule has 2 aliphatic heterocycles. The molecular formula is C24H44O4. The summed E-state index contributed by atoms with van der Waals surface area (Å²) in [6, 6.07) is 0. The van der Waals surface area contributed by atoms with E-state index in [-0.39, 0.29) is 24.1 Å². The van der Waals surface area contributed by atoms with Crippen molar-refractivity contribution in [2.24, 2.45) is 0 Å². The molecule has 4 heteroatoms. The number of hydrogen-bond donors (Lipinski definition) is 0. The number of carbonyl (C=O) groups is 2. The molecule has 0 amide bonds. The Morgan fingerprint density at radius 3 is 1.29 bits per heavy atom. The van der Waals surface area contributed by atoms with E-state index in [4.69, 9.17) is 9.47 Å². The number of cyclic esters (lactones) is 2. The molecule has 2 aliphatic rings. The van der Waals surface area contributed by atoms with Gasteiger partial charge in [-0.05, 0) is 38.5 Å². The smallest absolute Gasteiger partial charge is 0.306 e. The number of rotatable bonds is 14. The molecule has 2 heterocycles. The number of unbranched alkanes of at least 4 members (excludes halogenated alkanes) is 10. The highest BCUT2D eigenvalue weighted by Crippen LogP contribution is 2.20. The van der Waals surface area contributed by atoms with Gasteiger partial charge in [0.15, 0.2) is 0 Å². The molecule has 2 unspecified atom stereocenters. The third-order valence-electron chi connectivity index (χ3n) is 5.70. The van der Waals surface area contributed by atoms with Crippen molar-refractivity contribution < 1.29 is 19.1 Å². The molecule has 0 aromatic rings. The van der Waals surface area contributed by atoms with Crippen molar-refractivity contribution in [2.75, 3.05) is 0 Å². The number of ether oxygens (including phenoxy) is 2. The van der Waals surface area contributed by atoms with Gasteiger partial charge in [-0.1, -0.05) is 78.1 Å². The van der Waals surface area contributed by atoms with Crippen LogP contribution >= 0.6 is 0 Å². The molecule has 2 fully saturated rings. The highest BCUT2D eigenvalue weighted by atomic mass is 16.6. The molecule has 0 bridgehead atoms. The Bertz CT molecular complexity index is 369. The van der Waals surface area contributed by atoms with Gasteiger partial charge in [0.25, 0.3) is 0 Å². The monoisotopic (exact) mass is 396 g/mol. The fourth-order valence-corrected chi connectivity index (χ4v) is 3.88. The molecule has 0 aromatic carbocycles. The van der Waals surface area contributed by atoms with Crippen LogP contribution in [-0.2, 0) is 19.1 Å². The number of carbonyl (C=O) groups excluding carboxylic acids is 2. The maximum Gasteiger partial charge on any atom is 0.306 e. The molecule has 2 atom stereocenters. The molecule has 0 aromatic heterocycles. The zero-order chi connectivity index (χ0) is 20.5. The maximum atomic E-state index is 10.8. The molecule has 2 rings (SSSR count). The summed E-state index contributed by atoms with van der Waals surface area (Å²) in [5.74, 6) is 0.00182. The quantitative estimate of drug-likeness (QED) is 0.237. The first-order valence-corrected chi connectivity index (χ1v) is 12.0. The van der Waals surface area contributed by atoms with Crippen LogP contribution in [0, 0.1) is 0 Å². The van der Waals surface area contributed by atoms with Crippen molar-refractivity contribution in [2.45, 2.75) is 142 Å². The van der Waals surface area contributed by atoms with Gasteiger partial charge in [0.05, 0.1) is 0 Å². The first-order valence-electron chi connectivity index (χ1n) is 12.0. The third-order valence-corrected chi connectivity index (χ3v) is 5.70. The van der Waals surface area contributed by atoms with Crippen molar-refractivity contribution in [1.29, 1.82) is 0 Å². The molecule has 2 saturated heterocycles. The van der Waals surface area contributed by atoms with Crippen molar-refractivity contribution in [3.63, 3.8) is 0 Å². The summed E-state index contributed by atoms with van der Waals surface area (Å²) in [7, 11) is 0. The molecule has 0 saturated carbocycles. The molecule has 164 valence electrons. The van der Waals surface area contributed by atoms with E-state index in [0.29, 0.717) is 12.8 Å². The first kappa shape index (κ1) is 25.0. The van der Waals surface area contributed by atoms with Gasteiger partial charge in [0, 0.05) is 12.8 Å². The summed E-state index contributed by atoms with van der Waals surface area (Å²) < 4.78 is 10.3. The molecule has 0 aliphatic carbocycles. The minimum atomic E-state index is 0.000910. The molecule has 0 radical (unpaired) electrons. The average Bonchev–Trinajstić information content (AvgIpc) is 3.29. The minimum absolute atomic E-state index is 0.000910. The topological polar surface area (TPSA) is 52.6 Å². The van der Waals surface area contributed by atoms with E-state index in [1.807, 2.05) is 0 Å². The second-order valence-corrected chi connectivity index (χ2v) is 8.41. The van der Waals surface area contributed by atoms with Gasteiger partial charge in [-0.2, -0.15) is 0 Å². The standard InChI is InChI=1S/2C12H22O2/c2*1-2-3-4-5-6-7-8-11-9-10-12(13)14-11/h2*11H,2-10H2,1H3. The lowest BCUT2D eigenvalue weighted by Gasteiger charge is -2.07. The van der Waals surface area contributed by atoms with Gasteiger partial charge >= 0.3 is 11.9 Å². The zero-order valence-electron chi connectivity index (χ0n) is 18.5. The Balaban J connectivity index is 0.000000280. The van der Waals surface area contributed by atoms with Gasteiger partial charge in [0.1, 0.15) is 12.2 Å². The van der Waals surface area contributed by atoms with Crippen LogP contribution in [0.2, 0.25) is 0 Å². The number of hydrogen-bond acceptors (Lipinski definition) is 4. The predicted molar refractivity (Wildman–Crippen MR) is 114 cm³/mol. The van der Waals surface area contributed by atoms with Crippen molar-refractivity contribution in [3.05, 3.63) is 0 Å². The van der Waals surface area contributed by atoms with E-state index >= 15 is 0 Å². The van der Waals surface area contributed by atoms with E-state index in [9.17, 15) is 9.59 Å². The molecule has 0 spiro atoms. The first-order chi connectivity index (χ1) is 13.7. The summed E-state index contributed by atoms with van der Waals surface area (Å²) in [5, 5.41) is 0. The maximum absolute atomic E-state index is 10.8. The summed E-state index contributed by atoms with van der Waals surface area (Å²) in [6.07, 6.45) is 21.6. The molecular weight excluding hydrogens is 352 g/mol.